The van der Waals surface area contributed by atoms with Gasteiger partial charge in [-0.2, -0.15) is 0 Å². The summed E-state index contributed by atoms with van der Waals surface area (Å²) in [5.74, 6) is -0.434. The third kappa shape index (κ3) is 6.92. The van der Waals surface area contributed by atoms with Crippen LogP contribution in [0.3, 0.4) is 0 Å². The molecule has 3 heterocycles. The van der Waals surface area contributed by atoms with Gasteiger partial charge >= 0.3 is 0 Å². The number of hydrogen-bond acceptors (Lipinski definition) is 3. The molecular weight excluding hydrogens is 789 g/mol. The van der Waals surface area contributed by atoms with Gasteiger partial charge in [0.15, 0.2) is 0 Å². The summed E-state index contributed by atoms with van der Waals surface area (Å²) < 4.78 is 59.0. The van der Waals surface area contributed by atoms with E-state index in [2.05, 4.69) is 89.9 Å². The number of benzene rings is 5. The number of furan rings is 1. The Morgan fingerprint density at radius 2 is 1.58 bits per heavy atom. The molecule has 3 aromatic heterocycles. The van der Waals surface area contributed by atoms with Crippen LogP contribution >= 0.6 is 0 Å². The summed E-state index contributed by atoms with van der Waals surface area (Å²) >= 11 is 0. The van der Waals surface area contributed by atoms with Gasteiger partial charge in [-0.05, 0) is 82.1 Å². The van der Waals surface area contributed by atoms with Crippen molar-refractivity contribution in [3.63, 3.8) is 0 Å². The summed E-state index contributed by atoms with van der Waals surface area (Å²) in [7, 11) is 0. The van der Waals surface area contributed by atoms with Gasteiger partial charge in [0.25, 0.3) is 0 Å². The van der Waals surface area contributed by atoms with Gasteiger partial charge in [0.05, 0.1) is 5.58 Å². The minimum Gasteiger partial charge on any atom is -0.501 e. The van der Waals surface area contributed by atoms with Gasteiger partial charge in [0.2, 0.25) is 0 Å². The molecule has 5 aromatic carbocycles. The van der Waals surface area contributed by atoms with E-state index in [4.69, 9.17) is 19.0 Å². The maximum Gasteiger partial charge on any atom is 0.121 e. The van der Waals surface area contributed by atoms with Crippen molar-refractivity contribution in [2.75, 3.05) is 0 Å². The zero-order valence-corrected chi connectivity index (χ0v) is 29.7. The van der Waals surface area contributed by atoms with Crippen molar-refractivity contribution in [3.05, 3.63) is 156 Å². The largest absolute Gasteiger partial charge is 0.501 e. The molecule has 1 aliphatic carbocycles. The smallest absolute Gasteiger partial charge is 0.121 e. The molecule has 0 saturated heterocycles. The third-order valence-electron chi connectivity index (χ3n) is 9.27. The normalized spacial score (nSPS) is 16.4. The molecule has 0 bridgehead atoms. The molecule has 1 fully saturated rings. The summed E-state index contributed by atoms with van der Waals surface area (Å²) in [4.78, 5) is 8.77. The van der Waals surface area contributed by atoms with Gasteiger partial charge in [-0.3, -0.25) is 0 Å². The number of fused-ring (bicyclic) bond motifs is 5. The van der Waals surface area contributed by atoms with Crippen molar-refractivity contribution in [1.29, 1.82) is 0 Å². The van der Waals surface area contributed by atoms with Crippen molar-refractivity contribution in [2.24, 2.45) is 0 Å². The molecule has 0 aliphatic heterocycles. The summed E-state index contributed by atoms with van der Waals surface area (Å²) in [6.07, 6.45) is 8.63. The minimum atomic E-state index is -2.18. The van der Waals surface area contributed by atoms with Crippen LogP contribution in [-0.4, -0.2) is 9.97 Å². The second-order valence-electron chi connectivity index (χ2n) is 12.5. The summed E-state index contributed by atoms with van der Waals surface area (Å²) in [5, 5.41) is 4.61. The molecular formula is C46H38IrN2O-2. The van der Waals surface area contributed by atoms with E-state index in [0.717, 1.165) is 75.6 Å². The van der Waals surface area contributed by atoms with E-state index >= 15 is 0 Å². The van der Waals surface area contributed by atoms with Gasteiger partial charge in [0.1, 0.15) is 5.58 Å². The van der Waals surface area contributed by atoms with Crippen molar-refractivity contribution >= 4 is 32.7 Å². The number of aromatic nitrogens is 2. The third-order valence-corrected chi connectivity index (χ3v) is 9.27. The number of aryl methyl sites for hydroxylation is 2. The predicted molar refractivity (Wildman–Crippen MR) is 203 cm³/mol. The van der Waals surface area contributed by atoms with E-state index < -0.39 is 19.6 Å². The molecule has 1 aliphatic rings. The molecule has 0 atom stereocenters. The van der Waals surface area contributed by atoms with Crippen LogP contribution < -0.4 is 0 Å². The molecule has 249 valence electrons. The van der Waals surface area contributed by atoms with Crippen LogP contribution in [0.2, 0.25) is 0 Å². The van der Waals surface area contributed by atoms with E-state index in [9.17, 15) is 0 Å². The van der Waals surface area contributed by atoms with Gasteiger partial charge in [-0.25, -0.2) is 0 Å². The van der Waals surface area contributed by atoms with Crippen molar-refractivity contribution in [1.82, 2.24) is 9.97 Å². The average Bonchev–Trinajstić information content (AvgIpc) is 3.61. The van der Waals surface area contributed by atoms with E-state index in [1.54, 1.807) is 12.1 Å². The molecule has 50 heavy (non-hydrogen) atoms. The molecule has 3 nitrogen and oxygen atoms in total. The second kappa shape index (κ2) is 14.9. The first kappa shape index (κ1) is 26.0. The van der Waals surface area contributed by atoms with Crippen LogP contribution in [-0.2, 0) is 20.1 Å². The van der Waals surface area contributed by atoms with Crippen molar-refractivity contribution in [2.45, 2.75) is 51.7 Å². The average molecular weight is 834 g/mol. The molecule has 1 radical (unpaired) electrons. The molecule has 1 saturated carbocycles. The molecule has 0 spiro atoms. The summed E-state index contributed by atoms with van der Waals surface area (Å²) in [6.45, 7) is -4.34. The first-order valence-corrected chi connectivity index (χ1v) is 16.7. The Morgan fingerprint density at radius 3 is 2.36 bits per heavy atom. The number of hydrogen-bond donors (Lipinski definition) is 0. The second-order valence-corrected chi connectivity index (χ2v) is 12.5. The number of pyridine rings is 2. The topological polar surface area (TPSA) is 38.9 Å². The van der Waals surface area contributed by atoms with Gasteiger partial charge in [-0.15, -0.1) is 53.6 Å². The Labute approximate surface area is 317 Å². The number of nitrogens with zero attached hydrogens (tertiary/aromatic N) is 2. The van der Waals surface area contributed by atoms with Gasteiger partial charge < -0.3 is 14.4 Å². The zero-order valence-electron chi connectivity index (χ0n) is 34.3. The van der Waals surface area contributed by atoms with Crippen LogP contribution in [0, 0.1) is 25.8 Å². The Kier molecular flexibility index (Phi) is 7.76. The summed E-state index contributed by atoms with van der Waals surface area (Å²) in [6, 6.07) is 43.2. The maximum atomic E-state index is 8.93. The molecule has 4 heteroatoms. The SMILES string of the molecule is [2H]C([2H])([2H])c1c[c-]c(-c2ccc(C([2H])([2H])[2H])cn2)cc1.[2H]C1(c2ccc(-c3ccnc(-c4[c-]ccc5c4oc4ccc6ccccc6c45)c3)cc2)CCCCC1.[Ir]. The van der Waals surface area contributed by atoms with Gasteiger partial charge in [-0.1, -0.05) is 110 Å². The number of rotatable bonds is 4. The Hall–Kier alpha value is -4.89. The first-order valence-electron chi connectivity index (χ1n) is 20.2. The molecule has 0 unspecified atom stereocenters. The Morgan fingerprint density at radius 1 is 0.740 bits per heavy atom. The quantitative estimate of drug-likeness (QED) is 0.166. The fraction of sp³-hybridized carbons (Fsp3) is 0.174. The molecule has 9 rings (SSSR count). The molecule has 0 N–H and O–H groups in total. The predicted octanol–water partition coefficient (Wildman–Crippen LogP) is 12.5. The van der Waals surface area contributed by atoms with E-state index in [1.165, 1.54) is 41.6 Å². The van der Waals surface area contributed by atoms with Gasteiger partial charge in [0, 0.05) is 47.5 Å². The molecule has 8 aromatic rings. The van der Waals surface area contributed by atoms with E-state index in [-0.39, 0.29) is 31.2 Å². The van der Waals surface area contributed by atoms with Crippen LogP contribution in [0.1, 0.15) is 64.3 Å². The van der Waals surface area contributed by atoms with Crippen molar-refractivity contribution < 1.29 is 34.1 Å². The standard InChI is InChI=1S/C33H26NO.C13H12N.Ir/c1-2-7-22(8-3-1)23-13-15-24(16-14-23)26-19-20-34-30(21-26)28-11-6-12-29-32-27-10-5-4-9-25(27)17-18-31(32)35-33(28)29;1-10-3-6-12(7-4-10)13-8-5-11(2)9-14-13;/h4-6,9-10,12-22H,1-3,7-8H2;3-6,8-9H,1-2H3;/q2*-1;/i22D;1D3,2D3;. The van der Waals surface area contributed by atoms with E-state index in [1.807, 2.05) is 18.3 Å². The van der Waals surface area contributed by atoms with Crippen LogP contribution in [0.4, 0.5) is 0 Å². The van der Waals surface area contributed by atoms with Crippen LogP contribution in [0.25, 0.3) is 66.4 Å². The first-order chi connectivity index (χ1) is 26.9. The summed E-state index contributed by atoms with van der Waals surface area (Å²) in [5.41, 5.74) is 8.32. The Bertz CT molecular complexity index is 2590. The van der Waals surface area contributed by atoms with E-state index in [0.29, 0.717) is 11.3 Å². The molecule has 0 amide bonds. The zero-order chi connectivity index (χ0) is 39.1. The van der Waals surface area contributed by atoms with Crippen LogP contribution in [0.5, 0.6) is 0 Å². The van der Waals surface area contributed by atoms with Crippen LogP contribution in [0.15, 0.2) is 132 Å². The maximum absolute atomic E-state index is 8.93. The van der Waals surface area contributed by atoms with Crippen molar-refractivity contribution in [3.8, 4) is 33.6 Å². The monoisotopic (exact) mass is 834 g/mol. The Balaban J connectivity index is 0.000000202. The minimum absolute atomic E-state index is 0. The fourth-order valence-corrected chi connectivity index (χ4v) is 6.75. The fourth-order valence-electron chi connectivity index (χ4n) is 6.75.